The van der Waals surface area contributed by atoms with Gasteiger partial charge < -0.3 is 10.1 Å². The lowest BCUT2D eigenvalue weighted by molar-refractivity contribution is -0.109. The predicted molar refractivity (Wildman–Crippen MR) is 113 cm³/mol. The predicted octanol–water partition coefficient (Wildman–Crippen LogP) is 4.49. The summed E-state index contributed by atoms with van der Waals surface area (Å²) < 4.78 is 0. The molecule has 1 atom stereocenters. The van der Waals surface area contributed by atoms with Crippen LogP contribution in [0.2, 0.25) is 0 Å². The molecule has 142 valence electrons. The SMILES string of the molecule is Cc1ccccc1CCNC(=O)c1ccc(CC(C=O)c2ccccc2)cc1. The van der Waals surface area contributed by atoms with Gasteiger partial charge in [-0.25, -0.2) is 0 Å². The van der Waals surface area contributed by atoms with Crippen molar-refractivity contribution in [1.29, 1.82) is 0 Å². The number of nitrogens with one attached hydrogen (secondary N) is 1. The molecule has 0 aromatic heterocycles. The van der Waals surface area contributed by atoms with E-state index in [1.807, 2.05) is 66.7 Å². The highest BCUT2D eigenvalue weighted by Crippen LogP contribution is 2.19. The van der Waals surface area contributed by atoms with Crippen molar-refractivity contribution in [3.05, 3.63) is 107 Å². The lowest BCUT2D eigenvalue weighted by Gasteiger charge is -2.11. The van der Waals surface area contributed by atoms with Crippen molar-refractivity contribution in [2.45, 2.75) is 25.7 Å². The van der Waals surface area contributed by atoms with Gasteiger partial charge in [-0.1, -0.05) is 66.7 Å². The van der Waals surface area contributed by atoms with Gasteiger partial charge in [0.05, 0.1) is 0 Å². The quantitative estimate of drug-likeness (QED) is 0.593. The summed E-state index contributed by atoms with van der Waals surface area (Å²) in [5.74, 6) is -0.245. The van der Waals surface area contributed by atoms with Crippen LogP contribution in [-0.4, -0.2) is 18.7 Å². The van der Waals surface area contributed by atoms with Crippen LogP contribution in [0.1, 0.15) is 38.5 Å². The third-order valence-corrected chi connectivity index (χ3v) is 5.00. The van der Waals surface area contributed by atoms with Gasteiger partial charge in [0.2, 0.25) is 0 Å². The molecule has 3 aromatic carbocycles. The van der Waals surface area contributed by atoms with E-state index in [4.69, 9.17) is 0 Å². The van der Waals surface area contributed by atoms with Gasteiger partial charge in [0.15, 0.2) is 0 Å². The fraction of sp³-hybridized carbons (Fsp3) is 0.200. The van der Waals surface area contributed by atoms with Crippen LogP contribution >= 0.6 is 0 Å². The largest absolute Gasteiger partial charge is 0.352 e. The molecular formula is C25H25NO2. The monoisotopic (exact) mass is 371 g/mol. The number of aryl methyl sites for hydroxylation is 1. The van der Waals surface area contributed by atoms with Crippen LogP contribution in [0, 0.1) is 6.92 Å². The van der Waals surface area contributed by atoms with Crippen LogP contribution in [0.4, 0.5) is 0 Å². The zero-order chi connectivity index (χ0) is 19.8. The number of hydrogen-bond donors (Lipinski definition) is 1. The van der Waals surface area contributed by atoms with Crippen molar-refractivity contribution < 1.29 is 9.59 Å². The van der Waals surface area contributed by atoms with Crippen molar-refractivity contribution >= 4 is 12.2 Å². The number of rotatable bonds is 8. The number of amides is 1. The van der Waals surface area contributed by atoms with Crippen LogP contribution in [0.5, 0.6) is 0 Å². The van der Waals surface area contributed by atoms with Crippen molar-refractivity contribution in [3.8, 4) is 0 Å². The van der Waals surface area contributed by atoms with E-state index in [2.05, 4.69) is 24.4 Å². The minimum Gasteiger partial charge on any atom is -0.352 e. The standard InChI is InChI=1S/C25H25NO2/c1-19-7-5-6-8-21(19)15-16-26-25(28)23-13-11-20(12-14-23)17-24(18-27)22-9-3-2-4-10-22/h2-14,18,24H,15-17H2,1H3,(H,26,28). The molecule has 28 heavy (non-hydrogen) atoms. The summed E-state index contributed by atoms with van der Waals surface area (Å²) >= 11 is 0. The van der Waals surface area contributed by atoms with Crippen LogP contribution in [-0.2, 0) is 17.6 Å². The number of aldehydes is 1. The lowest BCUT2D eigenvalue weighted by atomic mass is 9.93. The topological polar surface area (TPSA) is 46.2 Å². The number of carbonyl (C=O) groups is 2. The van der Waals surface area contributed by atoms with Gasteiger partial charge in [-0.3, -0.25) is 4.79 Å². The van der Waals surface area contributed by atoms with E-state index in [-0.39, 0.29) is 11.8 Å². The van der Waals surface area contributed by atoms with Crippen molar-refractivity contribution in [1.82, 2.24) is 5.32 Å². The van der Waals surface area contributed by atoms with E-state index in [1.54, 1.807) is 0 Å². The van der Waals surface area contributed by atoms with Crippen LogP contribution < -0.4 is 5.32 Å². The first-order chi connectivity index (χ1) is 13.7. The Balaban J connectivity index is 1.55. The van der Waals surface area contributed by atoms with E-state index < -0.39 is 0 Å². The second kappa shape index (κ2) is 9.65. The van der Waals surface area contributed by atoms with Crippen LogP contribution in [0.25, 0.3) is 0 Å². The Bertz CT molecular complexity index is 917. The molecule has 0 spiro atoms. The molecule has 0 bridgehead atoms. The smallest absolute Gasteiger partial charge is 0.251 e. The molecule has 1 N–H and O–H groups in total. The highest BCUT2D eigenvalue weighted by atomic mass is 16.1. The first-order valence-electron chi connectivity index (χ1n) is 9.59. The normalized spacial score (nSPS) is 11.6. The van der Waals surface area contributed by atoms with Gasteiger partial charge >= 0.3 is 0 Å². The first-order valence-corrected chi connectivity index (χ1v) is 9.59. The minimum atomic E-state index is -0.171. The van der Waals surface area contributed by atoms with Crippen LogP contribution in [0.15, 0.2) is 78.9 Å². The summed E-state index contributed by atoms with van der Waals surface area (Å²) in [5.41, 5.74) is 5.17. The Hall–Kier alpha value is -3.20. The van der Waals surface area contributed by atoms with Gasteiger partial charge in [-0.05, 0) is 54.2 Å². The maximum atomic E-state index is 12.4. The summed E-state index contributed by atoms with van der Waals surface area (Å²) in [7, 11) is 0. The fourth-order valence-electron chi connectivity index (χ4n) is 3.29. The van der Waals surface area contributed by atoms with E-state index in [0.717, 1.165) is 23.8 Å². The zero-order valence-electron chi connectivity index (χ0n) is 16.1. The molecule has 0 heterocycles. The molecule has 1 amide bonds. The molecule has 3 heteroatoms. The molecule has 3 nitrogen and oxygen atoms in total. The molecule has 0 radical (unpaired) electrons. The van der Waals surface area contributed by atoms with Crippen molar-refractivity contribution in [3.63, 3.8) is 0 Å². The van der Waals surface area contributed by atoms with Gasteiger partial charge in [0.1, 0.15) is 6.29 Å². The van der Waals surface area contributed by atoms with Gasteiger partial charge in [-0.2, -0.15) is 0 Å². The molecular weight excluding hydrogens is 346 g/mol. The van der Waals surface area contributed by atoms with Gasteiger partial charge in [0, 0.05) is 18.0 Å². The molecule has 0 saturated heterocycles. The molecule has 1 unspecified atom stereocenters. The molecule has 3 rings (SSSR count). The maximum absolute atomic E-state index is 12.4. The lowest BCUT2D eigenvalue weighted by Crippen LogP contribution is -2.25. The average Bonchev–Trinajstić information content (AvgIpc) is 2.74. The highest BCUT2D eigenvalue weighted by molar-refractivity contribution is 5.94. The third kappa shape index (κ3) is 5.17. The maximum Gasteiger partial charge on any atom is 0.251 e. The Morgan fingerprint density at radius 3 is 2.29 bits per heavy atom. The zero-order valence-corrected chi connectivity index (χ0v) is 16.1. The van der Waals surface area contributed by atoms with Crippen molar-refractivity contribution in [2.75, 3.05) is 6.54 Å². The third-order valence-electron chi connectivity index (χ3n) is 5.00. The molecule has 0 saturated carbocycles. The Morgan fingerprint density at radius 2 is 1.61 bits per heavy atom. The van der Waals surface area contributed by atoms with Crippen LogP contribution in [0.3, 0.4) is 0 Å². The fourth-order valence-corrected chi connectivity index (χ4v) is 3.29. The molecule has 0 aliphatic carbocycles. The first kappa shape index (κ1) is 19.6. The average molecular weight is 371 g/mol. The summed E-state index contributed by atoms with van der Waals surface area (Å²) in [6.07, 6.45) is 2.43. The van der Waals surface area contributed by atoms with E-state index in [1.165, 1.54) is 11.1 Å². The number of carbonyl (C=O) groups excluding carboxylic acids is 2. The van der Waals surface area contributed by atoms with E-state index in [9.17, 15) is 9.59 Å². The number of hydrogen-bond acceptors (Lipinski definition) is 2. The Kier molecular flexibility index (Phi) is 6.74. The summed E-state index contributed by atoms with van der Waals surface area (Å²) in [6, 6.07) is 25.5. The van der Waals surface area contributed by atoms with E-state index >= 15 is 0 Å². The minimum absolute atomic E-state index is 0.0740. The summed E-state index contributed by atoms with van der Waals surface area (Å²) in [5, 5.41) is 2.98. The summed E-state index contributed by atoms with van der Waals surface area (Å²) in [6.45, 7) is 2.69. The summed E-state index contributed by atoms with van der Waals surface area (Å²) in [4.78, 5) is 23.8. The van der Waals surface area contributed by atoms with Crippen molar-refractivity contribution in [2.24, 2.45) is 0 Å². The van der Waals surface area contributed by atoms with Gasteiger partial charge in [0.25, 0.3) is 5.91 Å². The molecule has 3 aromatic rings. The molecule has 0 aliphatic heterocycles. The Morgan fingerprint density at radius 1 is 0.929 bits per heavy atom. The van der Waals surface area contributed by atoms with Gasteiger partial charge in [-0.15, -0.1) is 0 Å². The number of benzene rings is 3. The molecule has 0 fully saturated rings. The van der Waals surface area contributed by atoms with E-state index in [0.29, 0.717) is 18.5 Å². The highest BCUT2D eigenvalue weighted by Gasteiger charge is 2.12. The second-order valence-corrected chi connectivity index (χ2v) is 6.99. The second-order valence-electron chi connectivity index (χ2n) is 6.99. The molecule has 0 aliphatic rings. The Labute approximate surface area is 166 Å².